The highest BCUT2D eigenvalue weighted by Crippen LogP contribution is 2.33. The molecule has 5 nitrogen and oxygen atoms in total. The van der Waals surface area contributed by atoms with Crippen molar-refractivity contribution in [3.8, 4) is 0 Å². The van der Waals surface area contributed by atoms with Gasteiger partial charge in [0.15, 0.2) is 0 Å². The van der Waals surface area contributed by atoms with Gasteiger partial charge in [-0.25, -0.2) is 0 Å². The summed E-state index contributed by atoms with van der Waals surface area (Å²) < 4.78 is 10.8. The molecule has 0 aliphatic heterocycles. The molecule has 0 spiro atoms. The van der Waals surface area contributed by atoms with E-state index in [-0.39, 0.29) is 17.7 Å². The molecule has 2 aromatic rings. The Balaban J connectivity index is 1.85. The molecule has 2 atom stereocenters. The Morgan fingerprint density at radius 3 is 1.26 bits per heavy atom. The molecule has 0 N–H and O–H groups in total. The van der Waals surface area contributed by atoms with Crippen molar-refractivity contribution in [1.29, 1.82) is 0 Å². The minimum atomic E-state index is -0.722. The number of unbranched alkanes of at least 4 members (excludes halogenated alkanes) is 2. The summed E-state index contributed by atoms with van der Waals surface area (Å²) >= 11 is 0. The van der Waals surface area contributed by atoms with E-state index >= 15 is 0 Å². The number of esters is 2. The number of rotatable bonds is 16. The van der Waals surface area contributed by atoms with Crippen LogP contribution in [0.15, 0.2) is 48.5 Å². The van der Waals surface area contributed by atoms with Crippen molar-refractivity contribution >= 4 is 17.7 Å². The Hall–Kier alpha value is -2.95. The van der Waals surface area contributed by atoms with Crippen LogP contribution in [0.1, 0.15) is 101 Å². The van der Waals surface area contributed by atoms with E-state index in [4.69, 9.17) is 9.47 Å². The minimum Gasteiger partial charge on any atom is -0.465 e. The van der Waals surface area contributed by atoms with Gasteiger partial charge in [0, 0.05) is 12.8 Å². The van der Waals surface area contributed by atoms with Crippen molar-refractivity contribution in [3.63, 3.8) is 0 Å². The first-order valence-electron chi connectivity index (χ1n) is 14.1. The summed E-state index contributed by atoms with van der Waals surface area (Å²) in [6, 6.07) is 16.1. The lowest BCUT2D eigenvalue weighted by Gasteiger charge is -2.28. The molecule has 0 heterocycles. The monoisotopic (exact) mass is 522 g/mol. The molecule has 0 radical (unpaired) electrons. The van der Waals surface area contributed by atoms with Crippen LogP contribution in [0.2, 0.25) is 0 Å². The van der Waals surface area contributed by atoms with Gasteiger partial charge in [-0.2, -0.15) is 0 Å². The second kappa shape index (κ2) is 14.8. The molecule has 0 bridgehead atoms. The van der Waals surface area contributed by atoms with Crippen molar-refractivity contribution < 1.29 is 23.9 Å². The fourth-order valence-corrected chi connectivity index (χ4v) is 4.88. The lowest BCUT2D eigenvalue weighted by molar-refractivity contribution is -0.150. The molecule has 38 heavy (non-hydrogen) atoms. The quantitative estimate of drug-likeness (QED) is 0.170. The molecule has 0 aromatic heterocycles. The maximum Gasteiger partial charge on any atom is 0.316 e. The highest BCUT2D eigenvalue weighted by Gasteiger charge is 2.37. The van der Waals surface area contributed by atoms with E-state index in [1.165, 1.54) is 0 Å². The van der Waals surface area contributed by atoms with Crippen molar-refractivity contribution in [2.45, 2.75) is 104 Å². The van der Waals surface area contributed by atoms with Gasteiger partial charge in [0.05, 0.1) is 24.0 Å². The third-order valence-corrected chi connectivity index (χ3v) is 7.59. The van der Waals surface area contributed by atoms with Gasteiger partial charge in [0.25, 0.3) is 0 Å². The van der Waals surface area contributed by atoms with Crippen LogP contribution in [0, 0.1) is 13.8 Å². The van der Waals surface area contributed by atoms with Gasteiger partial charge in [0.2, 0.25) is 0 Å². The average molecular weight is 523 g/mol. The summed E-state index contributed by atoms with van der Waals surface area (Å²) in [5, 5.41) is 0. The molecule has 208 valence electrons. The largest absolute Gasteiger partial charge is 0.465 e. The number of carbonyl (C=O) groups excluding carboxylic acids is 3. The van der Waals surface area contributed by atoms with Crippen LogP contribution >= 0.6 is 0 Å². The van der Waals surface area contributed by atoms with Gasteiger partial charge in [-0.1, -0.05) is 72.5 Å². The first-order valence-corrected chi connectivity index (χ1v) is 14.1. The fourth-order valence-electron chi connectivity index (χ4n) is 4.88. The highest BCUT2D eigenvalue weighted by molar-refractivity contribution is 5.83. The van der Waals surface area contributed by atoms with E-state index in [0.29, 0.717) is 38.9 Å². The Bertz CT molecular complexity index is 957. The molecule has 5 heteroatoms. The first-order chi connectivity index (χ1) is 18.1. The molecule has 2 aromatic carbocycles. The van der Waals surface area contributed by atoms with Crippen LogP contribution in [0.25, 0.3) is 0 Å². The van der Waals surface area contributed by atoms with Gasteiger partial charge in [0.1, 0.15) is 5.78 Å². The van der Waals surface area contributed by atoms with E-state index in [1.807, 2.05) is 90.1 Å². The van der Waals surface area contributed by atoms with E-state index in [9.17, 15) is 14.4 Å². The lowest BCUT2D eigenvalue weighted by atomic mass is 9.77. The second-order valence-electron chi connectivity index (χ2n) is 10.8. The number of ketones is 1. The van der Waals surface area contributed by atoms with Crippen LogP contribution < -0.4 is 0 Å². The SMILES string of the molecule is CCOC(=O)C(C)(CCCCC(=O)CCCCC(C)(C(=O)OCC)c1ccc(C)cc1)c1ccc(C)cc1. The number of aryl methyl sites for hydroxylation is 2. The second-order valence-corrected chi connectivity index (χ2v) is 10.8. The normalized spacial score (nSPS) is 14.3. The topological polar surface area (TPSA) is 69.7 Å². The van der Waals surface area contributed by atoms with Gasteiger partial charge >= 0.3 is 11.9 Å². The van der Waals surface area contributed by atoms with Gasteiger partial charge in [-0.15, -0.1) is 0 Å². The minimum absolute atomic E-state index is 0.214. The number of ether oxygens (including phenoxy) is 2. The lowest BCUT2D eigenvalue weighted by Crippen LogP contribution is -2.34. The summed E-state index contributed by atoms with van der Waals surface area (Å²) in [6.45, 7) is 12.3. The molecule has 0 aliphatic carbocycles. The number of hydrogen-bond acceptors (Lipinski definition) is 5. The number of carbonyl (C=O) groups is 3. The number of Topliss-reactive ketones (excluding diaryl/α,β-unsaturated/α-hetero) is 1. The Kier molecular flexibility index (Phi) is 12.2. The smallest absolute Gasteiger partial charge is 0.316 e. The fraction of sp³-hybridized carbons (Fsp3) is 0.545. The van der Waals surface area contributed by atoms with Crippen LogP contribution in [-0.4, -0.2) is 30.9 Å². The Labute approximate surface area is 229 Å². The van der Waals surface area contributed by atoms with Crippen molar-refractivity contribution in [2.75, 3.05) is 13.2 Å². The summed E-state index contributed by atoms with van der Waals surface area (Å²) in [6.07, 6.45) is 5.28. The zero-order valence-corrected chi connectivity index (χ0v) is 24.2. The molecular weight excluding hydrogens is 476 g/mol. The third-order valence-electron chi connectivity index (χ3n) is 7.59. The number of hydrogen-bond donors (Lipinski definition) is 0. The first kappa shape index (κ1) is 31.3. The molecule has 0 saturated carbocycles. The van der Waals surface area contributed by atoms with E-state index in [2.05, 4.69) is 0 Å². The zero-order valence-electron chi connectivity index (χ0n) is 24.2. The van der Waals surface area contributed by atoms with Crippen LogP contribution in [0.5, 0.6) is 0 Å². The maximum absolute atomic E-state index is 12.8. The third kappa shape index (κ3) is 8.54. The molecule has 0 aliphatic rings. The van der Waals surface area contributed by atoms with Crippen molar-refractivity contribution in [1.82, 2.24) is 0 Å². The van der Waals surface area contributed by atoms with Gasteiger partial charge < -0.3 is 9.47 Å². The standard InChI is InChI=1S/C33H46O5/c1-7-37-30(35)32(5,27-19-15-25(3)16-20-27)23-11-9-13-29(34)14-10-12-24-33(6,31(36)38-8-2)28-21-17-26(4)18-22-28/h15-22H,7-14,23-24H2,1-6H3. The van der Waals surface area contributed by atoms with Gasteiger partial charge in [-0.05, 0) is 78.4 Å². The van der Waals surface area contributed by atoms with E-state index in [1.54, 1.807) is 0 Å². The predicted octanol–water partition coefficient (Wildman–Crippen LogP) is 7.34. The summed E-state index contributed by atoms with van der Waals surface area (Å²) in [5.41, 5.74) is 2.75. The average Bonchev–Trinajstić information content (AvgIpc) is 2.90. The summed E-state index contributed by atoms with van der Waals surface area (Å²) in [4.78, 5) is 38.2. The van der Waals surface area contributed by atoms with Crippen LogP contribution in [0.3, 0.4) is 0 Å². The van der Waals surface area contributed by atoms with Crippen molar-refractivity contribution in [2.24, 2.45) is 0 Å². The van der Waals surface area contributed by atoms with E-state index < -0.39 is 10.8 Å². The van der Waals surface area contributed by atoms with Crippen molar-refractivity contribution in [3.05, 3.63) is 70.8 Å². The maximum atomic E-state index is 12.8. The van der Waals surface area contributed by atoms with Gasteiger partial charge in [-0.3, -0.25) is 14.4 Å². The summed E-state index contributed by atoms with van der Waals surface area (Å²) in [7, 11) is 0. The Morgan fingerprint density at radius 2 is 0.947 bits per heavy atom. The van der Waals surface area contributed by atoms with Crippen LogP contribution in [-0.2, 0) is 34.7 Å². The molecule has 0 fully saturated rings. The Morgan fingerprint density at radius 1 is 0.605 bits per heavy atom. The molecule has 2 unspecified atom stereocenters. The molecule has 0 amide bonds. The molecular formula is C33H46O5. The van der Waals surface area contributed by atoms with E-state index in [0.717, 1.165) is 47.9 Å². The molecule has 0 saturated heterocycles. The predicted molar refractivity (Wildman–Crippen MR) is 152 cm³/mol. The summed E-state index contributed by atoms with van der Waals surface area (Å²) in [5.74, 6) is -0.201. The number of benzene rings is 2. The van der Waals surface area contributed by atoms with Crippen LogP contribution in [0.4, 0.5) is 0 Å². The zero-order chi connectivity index (χ0) is 28.2. The molecule has 2 rings (SSSR count). The highest BCUT2D eigenvalue weighted by atomic mass is 16.5.